The highest BCUT2D eigenvalue weighted by molar-refractivity contribution is 9.10. The van der Waals surface area contributed by atoms with Crippen molar-refractivity contribution in [2.75, 3.05) is 18.1 Å². The number of benzene rings is 1. The van der Waals surface area contributed by atoms with Crippen molar-refractivity contribution in [1.29, 1.82) is 0 Å². The maximum absolute atomic E-state index is 11.7. The van der Waals surface area contributed by atoms with Crippen LogP contribution in [0.2, 0.25) is 0 Å². The van der Waals surface area contributed by atoms with Gasteiger partial charge < -0.3 is 5.32 Å². The molecule has 0 aliphatic rings. The molecule has 1 aromatic carbocycles. The lowest BCUT2D eigenvalue weighted by Crippen LogP contribution is -2.16. The first-order valence-corrected chi connectivity index (χ1v) is 10.2. The van der Waals surface area contributed by atoms with E-state index < -0.39 is 9.84 Å². The Morgan fingerprint density at radius 3 is 2.59 bits per heavy atom. The predicted molar refractivity (Wildman–Crippen MR) is 95.3 cm³/mol. The first kappa shape index (κ1) is 17.3. The van der Waals surface area contributed by atoms with Gasteiger partial charge in [0, 0.05) is 33.6 Å². The summed E-state index contributed by atoms with van der Waals surface area (Å²) in [4.78, 5) is 5.53. The van der Waals surface area contributed by atoms with Crippen molar-refractivity contribution in [1.82, 2.24) is 4.98 Å². The molecule has 1 heterocycles. The SMILES string of the molecule is CC(CNc1ncccc1S(C)(=O)=O)Sc1ccc(Br)cc1. The number of rotatable bonds is 6. The number of halogens is 1. The molecule has 0 radical (unpaired) electrons. The molecule has 0 fully saturated rings. The summed E-state index contributed by atoms with van der Waals surface area (Å²) in [6, 6.07) is 11.3. The molecule has 0 amide bonds. The van der Waals surface area contributed by atoms with Gasteiger partial charge in [-0.2, -0.15) is 0 Å². The van der Waals surface area contributed by atoms with E-state index in [-0.39, 0.29) is 10.1 Å². The number of thioether (sulfide) groups is 1. The third-order valence-electron chi connectivity index (χ3n) is 2.88. The number of aromatic nitrogens is 1. The van der Waals surface area contributed by atoms with E-state index in [4.69, 9.17) is 0 Å². The van der Waals surface area contributed by atoms with Gasteiger partial charge >= 0.3 is 0 Å². The van der Waals surface area contributed by atoms with Gasteiger partial charge in [0.05, 0.1) is 0 Å². The van der Waals surface area contributed by atoms with Crippen molar-refractivity contribution in [3.8, 4) is 0 Å². The van der Waals surface area contributed by atoms with Crippen LogP contribution in [0.3, 0.4) is 0 Å². The lowest BCUT2D eigenvalue weighted by Gasteiger charge is -2.14. The Morgan fingerprint density at radius 2 is 1.95 bits per heavy atom. The zero-order valence-corrected chi connectivity index (χ0v) is 15.5. The molecule has 22 heavy (non-hydrogen) atoms. The third kappa shape index (κ3) is 5.00. The second-order valence-corrected chi connectivity index (χ2v) is 9.30. The average Bonchev–Trinajstić information content (AvgIpc) is 2.47. The number of anilines is 1. The van der Waals surface area contributed by atoms with Gasteiger partial charge in [0.1, 0.15) is 10.7 Å². The van der Waals surface area contributed by atoms with E-state index >= 15 is 0 Å². The summed E-state index contributed by atoms with van der Waals surface area (Å²) in [5.74, 6) is 0.410. The monoisotopic (exact) mass is 400 g/mol. The van der Waals surface area contributed by atoms with Gasteiger partial charge in [0.25, 0.3) is 0 Å². The van der Waals surface area contributed by atoms with Crippen LogP contribution in [0, 0.1) is 0 Å². The van der Waals surface area contributed by atoms with Gasteiger partial charge in [0.15, 0.2) is 9.84 Å². The molecule has 7 heteroatoms. The van der Waals surface area contributed by atoms with Crippen molar-refractivity contribution in [3.05, 3.63) is 47.1 Å². The summed E-state index contributed by atoms with van der Waals surface area (Å²) >= 11 is 5.14. The second-order valence-electron chi connectivity index (χ2n) is 4.89. The highest BCUT2D eigenvalue weighted by Gasteiger charge is 2.14. The number of hydrogen-bond acceptors (Lipinski definition) is 5. The molecule has 1 atom stereocenters. The van der Waals surface area contributed by atoms with Crippen molar-refractivity contribution in [3.63, 3.8) is 0 Å². The summed E-state index contributed by atoms with van der Waals surface area (Å²) < 4.78 is 24.5. The van der Waals surface area contributed by atoms with Gasteiger partial charge in [0.2, 0.25) is 0 Å². The summed E-state index contributed by atoms with van der Waals surface area (Å²) in [6.07, 6.45) is 2.78. The quantitative estimate of drug-likeness (QED) is 0.746. The smallest absolute Gasteiger partial charge is 0.179 e. The van der Waals surface area contributed by atoms with Crippen LogP contribution in [-0.4, -0.2) is 31.5 Å². The van der Waals surface area contributed by atoms with Gasteiger partial charge in [-0.05, 0) is 36.4 Å². The number of nitrogens with zero attached hydrogens (tertiary/aromatic N) is 1. The van der Waals surface area contributed by atoms with Crippen LogP contribution >= 0.6 is 27.7 Å². The van der Waals surface area contributed by atoms with Crippen LogP contribution in [-0.2, 0) is 9.84 Å². The summed E-state index contributed by atoms with van der Waals surface area (Å²) in [7, 11) is -3.28. The van der Waals surface area contributed by atoms with Crippen molar-refractivity contribution >= 4 is 43.3 Å². The Balaban J connectivity index is 2.00. The Hall–Kier alpha value is -1.05. The van der Waals surface area contributed by atoms with E-state index in [9.17, 15) is 8.42 Å². The van der Waals surface area contributed by atoms with Crippen LogP contribution in [0.1, 0.15) is 6.92 Å². The van der Waals surface area contributed by atoms with E-state index in [1.54, 1.807) is 30.1 Å². The first-order chi connectivity index (χ1) is 10.4. The summed E-state index contributed by atoms with van der Waals surface area (Å²) in [6.45, 7) is 2.71. The van der Waals surface area contributed by atoms with Crippen molar-refractivity contribution < 1.29 is 8.42 Å². The molecule has 1 N–H and O–H groups in total. The van der Waals surface area contributed by atoms with Gasteiger partial charge in [-0.25, -0.2) is 13.4 Å². The second kappa shape index (κ2) is 7.48. The lowest BCUT2D eigenvalue weighted by atomic mass is 10.4. The normalized spacial score (nSPS) is 12.9. The molecule has 2 aromatic rings. The minimum atomic E-state index is -3.28. The van der Waals surface area contributed by atoms with Gasteiger partial charge in [-0.3, -0.25) is 0 Å². The molecule has 0 saturated carbocycles. The van der Waals surface area contributed by atoms with E-state index in [0.717, 1.165) is 4.47 Å². The van der Waals surface area contributed by atoms with Crippen LogP contribution in [0.25, 0.3) is 0 Å². The summed E-state index contributed by atoms with van der Waals surface area (Å²) in [5, 5.41) is 3.40. The molecule has 0 spiro atoms. The number of sulfone groups is 1. The molecular weight excluding hydrogens is 384 g/mol. The predicted octanol–water partition coefficient (Wildman–Crippen LogP) is 3.84. The molecule has 0 bridgehead atoms. The van der Waals surface area contributed by atoms with Crippen molar-refractivity contribution in [2.24, 2.45) is 0 Å². The Kier molecular flexibility index (Phi) is 5.88. The highest BCUT2D eigenvalue weighted by atomic mass is 79.9. The molecular formula is C15H17BrN2O2S2. The van der Waals surface area contributed by atoms with E-state index in [0.29, 0.717) is 12.4 Å². The molecule has 1 unspecified atom stereocenters. The molecule has 2 rings (SSSR count). The fourth-order valence-corrected chi connectivity index (χ4v) is 3.84. The van der Waals surface area contributed by atoms with Crippen molar-refractivity contribution in [2.45, 2.75) is 22.0 Å². The number of pyridine rings is 1. The van der Waals surface area contributed by atoms with E-state index in [2.05, 4.69) is 33.2 Å². The van der Waals surface area contributed by atoms with E-state index in [1.807, 2.05) is 24.3 Å². The first-order valence-electron chi connectivity index (χ1n) is 6.67. The highest BCUT2D eigenvalue weighted by Crippen LogP contribution is 2.25. The van der Waals surface area contributed by atoms with Crippen LogP contribution in [0.5, 0.6) is 0 Å². The number of hydrogen-bond donors (Lipinski definition) is 1. The fourth-order valence-electron chi connectivity index (χ4n) is 1.85. The molecule has 0 aliphatic heterocycles. The van der Waals surface area contributed by atoms with E-state index in [1.165, 1.54) is 11.2 Å². The fraction of sp³-hybridized carbons (Fsp3) is 0.267. The van der Waals surface area contributed by atoms with Crippen LogP contribution < -0.4 is 5.32 Å². The largest absolute Gasteiger partial charge is 0.368 e. The Bertz CT molecular complexity index is 733. The summed E-state index contributed by atoms with van der Waals surface area (Å²) in [5.41, 5.74) is 0. The minimum absolute atomic E-state index is 0.232. The average molecular weight is 401 g/mol. The molecule has 4 nitrogen and oxygen atoms in total. The van der Waals surface area contributed by atoms with Gasteiger partial charge in [-0.1, -0.05) is 22.9 Å². The maximum atomic E-state index is 11.7. The topological polar surface area (TPSA) is 59.1 Å². The lowest BCUT2D eigenvalue weighted by molar-refractivity contribution is 0.601. The zero-order chi connectivity index (χ0) is 16.2. The van der Waals surface area contributed by atoms with Crippen LogP contribution in [0.15, 0.2) is 56.9 Å². The Morgan fingerprint density at radius 1 is 1.27 bits per heavy atom. The van der Waals surface area contributed by atoms with Crippen LogP contribution in [0.4, 0.5) is 5.82 Å². The molecule has 0 saturated heterocycles. The molecule has 1 aromatic heterocycles. The zero-order valence-electron chi connectivity index (χ0n) is 12.3. The third-order valence-corrected chi connectivity index (χ3v) is 5.65. The maximum Gasteiger partial charge on any atom is 0.179 e. The van der Waals surface area contributed by atoms with Gasteiger partial charge in [-0.15, -0.1) is 11.8 Å². The molecule has 0 aliphatic carbocycles. The number of nitrogens with one attached hydrogen (secondary N) is 1. The standard InChI is InChI=1S/C15H17BrN2O2S2/c1-11(21-13-7-5-12(16)6-8-13)10-18-15-14(22(2,19)20)4-3-9-17-15/h3-9,11H,10H2,1-2H3,(H,17,18). The Labute approximate surface area is 143 Å². The minimum Gasteiger partial charge on any atom is -0.368 e. The molecule has 118 valence electrons.